The van der Waals surface area contributed by atoms with Gasteiger partial charge in [-0.05, 0) is 18.2 Å². The Kier molecular flexibility index (Phi) is 6.14. The maximum Gasteiger partial charge on any atom is 0.433 e. The van der Waals surface area contributed by atoms with Crippen molar-refractivity contribution in [1.29, 1.82) is 0 Å². The van der Waals surface area contributed by atoms with Crippen molar-refractivity contribution < 1.29 is 32.2 Å². The second-order valence-electron chi connectivity index (χ2n) is 6.56. The zero-order valence-corrected chi connectivity index (χ0v) is 16.9. The first-order valence-electron chi connectivity index (χ1n) is 9.09. The van der Waals surface area contributed by atoms with Crippen LogP contribution in [0.3, 0.4) is 0 Å². The second kappa shape index (κ2) is 8.62. The Morgan fingerprint density at radius 1 is 1.16 bits per heavy atom. The van der Waals surface area contributed by atoms with Gasteiger partial charge >= 0.3 is 12.1 Å². The lowest BCUT2D eigenvalue weighted by Gasteiger charge is -2.12. The molecule has 1 amide bonds. The maximum absolute atomic E-state index is 12.9. The summed E-state index contributed by atoms with van der Waals surface area (Å²) in [6, 6.07) is 6.26. The first-order chi connectivity index (χ1) is 14.6. The Hall–Kier alpha value is -3.63. The number of esters is 1. The van der Waals surface area contributed by atoms with E-state index >= 15 is 0 Å². The third-order valence-electron chi connectivity index (χ3n) is 4.60. The summed E-state index contributed by atoms with van der Waals surface area (Å²) in [5, 5.41) is 2.54. The number of amides is 1. The van der Waals surface area contributed by atoms with E-state index in [4.69, 9.17) is 4.74 Å². The number of fused-ring (bicyclic) bond motifs is 1. The quantitative estimate of drug-likeness (QED) is 0.596. The molecule has 8 nitrogen and oxygen atoms in total. The number of aryl methyl sites for hydroxylation is 2. The molecule has 0 aliphatic rings. The number of methoxy groups -OCH3 is 2. The topological polar surface area (TPSA) is 95.3 Å². The largest absolute Gasteiger partial charge is 0.494 e. The van der Waals surface area contributed by atoms with Crippen molar-refractivity contribution in [3.8, 4) is 5.75 Å². The number of carbonyl (C=O) groups is 2. The van der Waals surface area contributed by atoms with Crippen LogP contribution in [-0.2, 0) is 29.2 Å². The third-order valence-corrected chi connectivity index (χ3v) is 4.60. The van der Waals surface area contributed by atoms with Gasteiger partial charge in [0.2, 0.25) is 0 Å². The number of hydrogen-bond acceptors (Lipinski definition) is 6. The van der Waals surface area contributed by atoms with Gasteiger partial charge in [-0.1, -0.05) is 6.07 Å². The maximum atomic E-state index is 12.9. The molecule has 31 heavy (non-hydrogen) atoms. The number of rotatable bonds is 6. The molecule has 0 atom stereocenters. The van der Waals surface area contributed by atoms with Crippen LogP contribution in [0.4, 0.5) is 18.9 Å². The summed E-state index contributed by atoms with van der Waals surface area (Å²) >= 11 is 0. The average Bonchev–Trinajstić information content (AvgIpc) is 3.05. The van der Waals surface area contributed by atoms with Gasteiger partial charge in [0.05, 0.1) is 37.4 Å². The number of nitrogens with zero attached hydrogens (tertiary/aromatic N) is 3. The number of nitrogens with one attached hydrogen (secondary N) is 1. The molecule has 1 N–H and O–H groups in total. The molecule has 0 fully saturated rings. The predicted molar refractivity (Wildman–Crippen MR) is 105 cm³/mol. The number of pyridine rings is 1. The van der Waals surface area contributed by atoms with Crippen LogP contribution in [0, 0.1) is 0 Å². The number of alkyl halides is 3. The highest BCUT2D eigenvalue weighted by Gasteiger charge is 2.33. The van der Waals surface area contributed by atoms with Crippen molar-refractivity contribution in [2.45, 2.75) is 19.0 Å². The lowest BCUT2D eigenvalue weighted by atomic mass is 10.2. The van der Waals surface area contributed by atoms with Crippen LogP contribution >= 0.6 is 0 Å². The molecular formula is C20H19F3N4O4. The minimum atomic E-state index is -4.66. The fourth-order valence-corrected chi connectivity index (χ4v) is 2.98. The number of benzene rings is 1. The van der Waals surface area contributed by atoms with Crippen LogP contribution in [0.15, 0.2) is 30.3 Å². The Morgan fingerprint density at radius 3 is 2.55 bits per heavy atom. The van der Waals surface area contributed by atoms with E-state index in [1.54, 1.807) is 23.7 Å². The number of hydrogen-bond donors (Lipinski definition) is 1. The van der Waals surface area contributed by atoms with E-state index in [1.807, 2.05) is 0 Å². The molecule has 0 bridgehead atoms. The van der Waals surface area contributed by atoms with Crippen molar-refractivity contribution in [2.75, 3.05) is 19.5 Å². The van der Waals surface area contributed by atoms with E-state index < -0.39 is 17.8 Å². The third kappa shape index (κ3) is 4.76. The van der Waals surface area contributed by atoms with Crippen LogP contribution in [0.25, 0.3) is 11.0 Å². The Morgan fingerprint density at radius 2 is 1.90 bits per heavy atom. The molecule has 0 radical (unpaired) electrons. The molecule has 2 heterocycles. The van der Waals surface area contributed by atoms with Gasteiger partial charge in [0.1, 0.15) is 23.0 Å². The molecule has 1 aromatic carbocycles. The highest BCUT2D eigenvalue weighted by Crippen LogP contribution is 2.31. The van der Waals surface area contributed by atoms with E-state index in [0.29, 0.717) is 23.3 Å². The van der Waals surface area contributed by atoms with Crippen molar-refractivity contribution in [1.82, 2.24) is 14.5 Å². The molecule has 2 aromatic heterocycles. The fraction of sp³-hybridized carbons (Fsp3) is 0.300. The summed E-state index contributed by atoms with van der Waals surface area (Å²) in [6.45, 7) is 0. The van der Waals surface area contributed by atoms with Crippen LogP contribution in [0.5, 0.6) is 5.75 Å². The predicted octanol–water partition coefficient (Wildman–Crippen LogP) is 3.35. The molecule has 164 valence electrons. The summed E-state index contributed by atoms with van der Waals surface area (Å²) < 4.78 is 50.3. The Bertz CT molecular complexity index is 1140. The summed E-state index contributed by atoms with van der Waals surface area (Å²) in [5.74, 6) is -0.307. The monoisotopic (exact) mass is 436 g/mol. The van der Waals surface area contributed by atoms with Crippen LogP contribution in [-0.4, -0.2) is 40.6 Å². The normalized spacial score (nSPS) is 11.4. The first-order valence-corrected chi connectivity index (χ1v) is 9.09. The van der Waals surface area contributed by atoms with E-state index in [2.05, 4.69) is 20.0 Å². The first kappa shape index (κ1) is 22.1. The van der Waals surface area contributed by atoms with E-state index in [-0.39, 0.29) is 29.5 Å². The molecule has 0 unspecified atom stereocenters. The van der Waals surface area contributed by atoms with Gasteiger partial charge in [-0.3, -0.25) is 9.59 Å². The number of carbonyl (C=O) groups excluding carboxylic acids is 2. The highest BCUT2D eigenvalue weighted by atomic mass is 19.4. The summed E-state index contributed by atoms with van der Waals surface area (Å²) in [5.41, 5.74) is -0.116. The van der Waals surface area contributed by atoms with Crippen molar-refractivity contribution in [3.63, 3.8) is 0 Å². The molecule has 0 aliphatic carbocycles. The van der Waals surface area contributed by atoms with Gasteiger partial charge in [-0.15, -0.1) is 0 Å². The van der Waals surface area contributed by atoms with Gasteiger partial charge in [-0.25, -0.2) is 9.97 Å². The molecule has 3 rings (SSSR count). The molecule has 0 spiro atoms. The summed E-state index contributed by atoms with van der Waals surface area (Å²) in [4.78, 5) is 31.8. The zero-order chi connectivity index (χ0) is 22.8. The molecule has 0 saturated heterocycles. The molecule has 11 heteroatoms. The SMILES string of the molecule is COC(=O)CCc1nc2cc(OC)c(NC(=O)c3cccc(C(F)(F)F)n3)cc2n1C. The van der Waals surface area contributed by atoms with Gasteiger partial charge in [-0.2, -0.15) is 13.2 Å². The van der Waals surface area contributed by atoms with Gasteiger partial charge in [0.25, 0.3) is 5.91 Å². The van der Waals surface area contributed by atoms with Gasteiger partial charge in [0, 0.05) is 19.5 Å². The number of aromatic nitrogens is 3. The summed E-state index contributed by atoms with van der Waals surface area (Å²) in [7, 11) is 4.44. The second-order valence-corrected chi connectivity index (χ2v) is 6.56. The van der Waals surface area contributed by atoms with E-state index in [1.165, 1.54) is 20.3 Å². The fourth-order valence-electron chi connectivity index (χ4n) is 2.98. The van der Waals surface area contributed by atoms with E-state index in [0.717, 1.165) is 12.1 Å². The zero-order valence-electron chi connectivity index (χ0n) is 16.9. The number of halogens is 3. The standard InChI is InChI=1S/C20H19F3N4O4/c1-27-14-9-13(26-19(29)11-5-4-6-16(24-11)20(21,22)23)15(30-2)10-12(14)25-17(27)7-8-18(28)31-3/h4-6,9-10H,7-8H2,1-3H3,(H,26,29). The highest BCUT2D eigenvalue weighted by molar-refractivity contribution is 6.04. The molecule has 0 aliphatic heterocycles. The number of ether oxygens (including phenoxy) is 2. The average molecular weight is 436 g/mol. The van der Waals surface area contributed by atoms with Gasteiger partial charge in [0.15, 0.2) is 0 Å². The molecule has 0 saturated carbocycles. The van der Waals surface area contributed by atoms with Crippen molar-refractivity contribution in [3.05, 3.63) is 47.5 Å². The number of anilines is 1. The van der Waals surface area contributed by atoms with Crippen LogP contribution < -0.4 is 10.1 Å². The molecule has 3 aromatic rings. The smallest absolute Gasteiger partial charge is 0.433 e. The Balaban J connectivity index is 1.92. The van der Waals surface area contributed by atoms with Crippen LogP contribution in [0.2, 0.25) is 0 Å². The Labute approximate surface area is 175 Å². The lowest BCUT2D eigenvalue weighted by Crippen LogP contribution is -2.17. The van der Waals surface area contributed by atoms with Crippen molar-refractivity contribution >= 4 is 28.6 Å². The van der Waals surface area contributed by atoms with Crippen LogP contribution in [0.1, 0.15) is 28.4 Å². The minimum Gasteiger partial charge on any atom is -0.494 e. The summed E-state index contributed by atoms with van der Waals surface area (Å²) in [6.07, 6.45) is -4.17. The molecular weight excluding hydrogens is 417 g/mol. The van der Waals surface area contributed by atoms with E-state index in [9.17, 15) is 22.8 Å². The minimum absolute atomic E-state index is 0.148. The number of imidazole rings is 1. The lowest BCUT2D eigenvalue weighted by molar-refractivity contribution is -0.141. The van der Waals surface area contributed by atoms with Crippen molar-refractivity contribution in [2.24, 2.45) is 7.05 Å². The van der Waals surface area contributed by atoms with Gasteiger partial charge < -0.3 is 19.4 Å².